The molecule has 0 saturated carbocycles. The van der Waals surface area contributed by atoms with Crippen LogP contribution in [0.4, 0.5) is 0 Å². The maximum atomic E-state index is 12.4. The summed E-state index contributed by atoms with van der Waals surface area (Å²) in [7, 11) is 0. The van der Waals surface area contributed by atoms with Gasteiger partial charge in [-0.1, -0.05) is 30.3 Å². The molecule has 1 aliphatic rings. The number of carbonyl (C=O) groups excluding carboxylic acids is 2. The maximum Gasteiger partial charge on any atom is 0.268 e. The molecule has 2 unspecified atom stereocenters. The van der Waals surface area contributed by atoms with Gasteiger partial charge in [-0.15, -0.1) is 0 Å². The van der Waals surface area contributed by atoms with Crippen molar-refractivity contribution in [3.63, 3.8) is 0 Å². The SMILES string of the molecule is Cc1cc(COc2ccc(C(N)(C(=O)NO)C3CCNC3=O)cc2)c2ccccc2n1. The Morgan fingerprint density at radius 2 is 2.03 bits per heavy atom. The zero-order chi connectivity index (χ0) is 22.0. The summed E-state index contributed by atoms with van der Waals surface area (Å²) >= 11 is 0. The number of nitrogens with one attached hydrogen (secondary N) is 2. The molecule has 2 heterocycles. The topological polar surface area (TPSA) is 127 Å². The zero-order valence-electron chi connectivity index (χ0n) is 17.1. The highest BCUT2D eigenvalue weighted by atomic mass is 16.5. The number of pyridine rings is 1. The first-order chi connectivity index (χ1) is 14.9. The van der Waals surface area contributed by atoms with Gasteiger partial charge in [-0.25, -0.2) is 5.48 Å². The molecule has 3 aromatic rings. The molecule has 1 aromatic heterocycles. The van der Waals surface area contributed by atoms with Crippen molar-refractivity contribution in [3.8, 4) is 5.75 Å². The van der Waals surface area contributed by atoms with Crippen LogP contribution < -0.4 is 21.3 Å². The van der Waals surface area contributed by atoms with Crippen LogP contribution in [0.25, 0.3) is 10.9 Å². The molecule has 2 aromatic carbocycles. The lowest BCUT2D eigenvalue weighted by atomic mass is 9.77. The van der Waals surface area contributed by atoms with Crippen LogP contribution in [-0.4, -0.2) is 28.6 Å². The average Bonchev–Trinajstić information content (AvgIpc) is 3.23. The molecule has 2 amide bonds. The number of rotatable bonds is 6. The summed E-state index contributed by atoms with van der Waals surface area (Å²) in [6, 6.07) is 16.6. The van der Waals surface area contributed by atoms with Gasteiger partial charge in [0.05, 0.1) is 11.4 Å². The minimum Gasteiger partial charge on any atom is -0.489 e. The molecular weight excluding hydrogens is 396 g/mol. The van der Waals surface area contributed by atoms with E-state index < -0.39 is 17.4 Å². The molecule has 160 valence electrons. The van der Waals surface area contributed by atoms with Gasteiger partial charge in [0, 0.05) is 23.2 Å². The lowest BCUT2D eigenvalue weighted by molar-refractivity contribution is -0.141. The van der Waals surface area contributed by atoms with Crippen LogP contribution in [0, 0.1) is 12.8 Å². The van der Waals surface area contributed by atoms with E-state index in [-0.39, 0.29) is 5.91 Å². The highest BCUT2D eigenvalue weighted by Gasteiger charge is 2.49. The normalized spacial score (nSPS) is 17.8. The number of aromatic nitrogens is 1. The molecule has 1 fully saturated rings. The van der Waals surface area contributed by atoms with Crippen molar-refractivity contribution in [1.29, 1.82) is 0 Å². The Hall–Kier alpha value is -3.49. The summed E-state index contributed by atoms with van der Waals surface area (Å²) in [6.07, 6.45) is 0.398. The number of hydrogen-bond acceptors (Lipinski definition) is 6. The third-order valence-corrected chi connectivity index (χ3v) is 5.73. The molecule has 2 atom stereocenters. The molecule has 0 radical (unpaired) electrons. The quantitative estimate of drug-likeness (QED) is 0.356. The van der Waals surface area contributed by atoms with Gasteiger partial charge in [-0.2, -0.15) is 0 Å². The highest BCUT2D eigenvalue weighted by molar-refractivity contribution is 5.95. The largest absolute Gasteiger partial charge is 0.489 e. The van der Waals surface area contributed by atoms with E-state index in [4.69, 9.17) is 10.5 Å². The number of hydroxylamine groups is 1. The predicted molar refractivity (Wildman–Crippen MR) is 114 cm³/mol. The molecule has 8 nitrogen and oxygen atoms in total. The molecule has 1 saturated heterocycles. The summed E-state index contributed by atoms with van der Waals surface area (Å²) in [5.41, 5.74) is 9.55. The summed E-state index contributed by atoms with van der Waals surface area (Å²) in [6.45, 7) is 2.72. The van der Waals surface area contributed by atoms with Crippen molar-refractivity contribution < 1.29 is 19.5 Å². The number of aryl methyl sites for hydroxylation is 1. The third-order valence-electron chi connectivity index (χ3n) is 5.73. The van der Waals surface area contributed by atoms with Crippen molar-refractivity contribution in [2.75, 3.05) is 6.54 Å². The monoisotopic (exact) mass is 420 g/mol. The molecule has 0 aliphatic carbocycles. The lowest BCUT2D eigenvalue weighted by Gasteiger charge is -2.31. The van der Waals surface area contributed by atoms with Gasteiger partial charge in [0.1, 0.15) is 17.9 Å². The molecule has 8 heteroatoms. The molecule has 1 aliphatic heterocycles. The van der Waals surface area contributed by atoms with E-state index in [0.717, 1.165) is 22.2 Å². The van der Waals surface area contributed by atoms with Crippen molar-refractivity contribution in [1.82, 2.24) is 15.8 Å². The fourth-order valence-corrected chi connectivity index (χ4v) is 4.11. The number of hydrogen-bond donors (Lipinski definition) is 4. The van der Waals surface area contributed by atoms with Crippen LogP contribution in [0.3, 0.4) is 0 Å². The van der Waals surface area contributed by atoms with Gasteiger partial charge < -0.3 is 15.8 Å². The molecule has 31 heavy (non-hydrogen) atoms. The summed E-state index contributed by atoms with van der Waals surface area (Å²) in [5, 5.41) is 12.9. The second-order valence-electron chi connectivity index (χ2n) is 7.70. The Labute approximate surface area is 179 Å². The van der Waals surface area contributed by atoms with Crippen LogP contribution >= 0.6 is 0 Å². The number of benzene rings is 2. The Balaban J connectivity index is 1.57. The van der Waals surface area contributed by atoms with E-state index in [0.29, 0.717) is 30.9 Å². The van der Waals surface area contributed by atoms with E-state index in [1.54, 1.807) is 29.7 Å². The molecule has 0 bridgehead atoms. The third kappa shape index (κ3) is 3.83. The van der Waals surface area contributed by atoms with E-state index in [2.05, 4.69) is 10.3 Å². The minimum absolute atomic E-state index is 0.314. The van der Waals surface area contributed by atoms with Gasteiger partial charge in [0.25, 0.3) is 5.91 Å². The first-order valence-corrected chi connectivity index (χ1v) is 10.0. The van der Waals surface area contributed by atoms with Gasteiger partial charge >= 0.3 is 0 Å². The fraction of sp³-hybridized carbons (Fsp3) is 0.261. The number of fused-ring (bicyclic) bond motifs is 1. The lowest BCUT2D eigenvalue weighted by Crippen LogP contribution is -2.57. The van der Waals surface area contributed by atoms with E-state index in [9.17, 15) is 14.8 Å². The van der Waals surface area contributed by atoms with E-state index in [1.165, 1.54) is 0 Å². The number of nitrogens with zero attached hydrogens (tertiary/aromatic N) is 1. The maximum absolute atomic E-state index is 12.4. The summed E-state index contributed by atoms with van der Waals surface area (Å²) in [5.74, 6) is -1.34. The highest BCUT2D eigenvalue weighted by Crippen LogP contribution is 2.33. The number of para-hydroxylation sites is 1. The Morgan fingerprint density at radius 3 is 2.71 bits per heavy atom. The standard InChI is InChI=1S/C23H24N4O4/c1-14-12-15(18-4-2-3-5-20(18)26-14)13-31-17-8-6-16(7-9-17)23(24,22(29)27-30)19-10-11-25-21(19)28/h2-9,12,19,30H,10-11,13,24H2,1H3,(H,25,28)(H,27,29). The molecular formula is C23H24N4O4. The smallest absolute Gasteiger partial charge is 0.268 e. The Morgan fingerprint density at radius 1 is 1.29 bits per heavy atom. The Bertz CT molecular complexity index is 1130. The van der Waals surface area contributed by atoms with E-state index in [1.807, 2.05) is 37.3 Å². The van der Waals surface area contributed by atoms with Gasteiger partial charge in [0.15, 0.2) is 0 Å². The van der Waals surface area contributed by atoms with Crippen LogP contribution in [0.2, 0.25) is 0 Å². The van der Waals surface area contributed by atoms with Crippen molar-refractivity contribution in [2.24, 2.45) is 11.7 Å². The van der Waals surface area contributed by atoms with Crippen LogP contribution in [-0.2, 0) is 21.7 Å². The van der Waals surface area contributed by atoms with Crippen molar-refractivity contribution in [2.45, 2.75) is 25.5 Å². The number of carbonyl (C=O) groups is 2. The summed E-state index contributed by atoms with van der Waals surface area (Å²) < 4.78 is 5.96. The van der Waals surface area contributed by atoms with Crippen LogP contribution in [0.15, 0.2) is 54.6 Å². The van der Waals surface area contributed by atoms with Crippen molar-refractivity contribution in [3.05, 3.63) is 71.4 Å². The van der Waals surface area contributed by atoms with Crippen molar-refractivity contribution >= 4 is 22.7 Å². The summed E-state index contributed by atoms with van der Waals surface area (Å²) in [4.78, 5) is 29.1. The van der Waals surface area contributed by atoms with Gasteiger partial charge in [-0.05, 0) is 43.2 Å². The number of amides is 2. The molecule has 0 spiro atoms. The first-order valence-electron chi connectivity index (χ1n) is 10.0. The second-order valence-corrected chi connectivity index (χ2v) is 7.70. The fourth-order valence-electron chi connectivity index (χ4n) is 4.11. The minimum atomic E-state index is -1.69. The molecule has 4 rings (SSSR count). The first kappa shape index (κ1) is 20.8. The van der Waals surface area contributed by atoms with Gasteiger partial charge in [-0.3, -0.25) is 19.8 Å². The number of ether oxygens (including phenoxy) is 1. The zero-order valence-corrected chi connectivity index (χ0v) is 17.1. The average molecular weight is 420 g/mol. The van der Waals surface area contributed by atoms with Crippen LogP contribution in [0.5, 0.6) is 5.75 Å². The number of nitrogens with two attached hydrogens (primary N) is 1. The van der Waals surface area contributed by atoms with Gasteiger partial charge in [0.2, 0.25) is 5.91 Å². The van der Waals surface area contributed by atoms with Crippen LogP contribution in [0.1, 0.15) is 23.2 Å². The van der Waals surface area contributed by atoms with E-state index >= 15 is 0 Å². The second kappa shape index (κ2) is 8.33. The molecule has 5 N–H and O–H groups in total. The Kier molecular flexibility index (Phi) is 5.58. The predicted octanol–water partition coefficient (Wildman–Crippen LogP) is 1.92.